The number of hydrogen-bond donors (Lipinski definition) is 0. The van der Waals surface area contributed by atoms with Gasteiger partial charge in [-0.25, -0.2) is 4.98 Å². The van der Waals surface area contributed by atoms with Crippen molar-refractivity contribution in [3.05, 3.63) is 23.9 Å². The zero-order chi connectivity index (χ0) is 13.0. The first-order chi connectivity index (χ1) is 8.68. The second kappa shape index (κ2) is 5.96. The Labute approximate surface area is 108 Å². The van der Waals surface area contributed by atoms with Gasteiger partial charge in [-0.1, -0.05) is 0 Å². The monoisotopic (exact) mass is 248 g/mol. The summed E-state index contributed by atoms with van der Waals surface area (Å²) < 4.78 is 5.72. The van der Waals surface area contributed by atoms with Gasteiger partial charge in [0.2, 0.25) is 0 Å². The van der Waals surface area contributed by atoms with E-state index in [1.165, 1.54) is 6.42 Å². The van der Waals surface area contributed by atoms with Gasteiger partial charge in [-0.05, 0) is 38.3 Å². The molecule has 1 atom stereocenters. The smallest absolute Gasteiger partial charge is 0.163 e. The van der Waals surface area contributed by atoms with Crippen LogP contribution < -0.4 is 4.90 Å². The first kappa shape index (κ1) is 13.0. The fourth-order valence-corrected chi connectivity index (χ4v) is 2.32. The van der Waals surface area contributed by atoms with Crippen molar-refractivity contribution >= 4 is 11.6 Å². The molecule has 4 heteroatoms. The summed E-state index contributed by atoms with van der Waals surface area (Å²) in [6.07, 6.45) is 5.45. The van der Waals surface area contributed by atoms with Crippen molar-refractivity contribution in [2.75, 3.05) is 25.1 Å². The maximum atomic E-state index is 11.6. The molecule has 1 aliphatic rings. The number of hydrogen-bond acceptors (Lipinski definition) is 4. The highest BCUT2D eigenvalue weighted by molar-refractivity contribution is 5.98. The number of likely N-dealkylation sites (N-methyl/N-ethyl adjacent to an activating group) is 1. The lowest BCUT2D eigenvalue weighted by Gasteiger charge is -2.28. The van der Waals surface area contributed by atoms with E-state index < -0.39 is 0 Å². The molecule has 1 aliphatic heterocycles. The molecule has 1 aromatic rings. The predicted octanol–water partition coefficient (Wildman–Crippen LogP) is 2.29. The number of ketones is 1. The lowest BCUT2D eigenvalue weighted by Crippen LogP contribution is -2.34. The molecule has 0 spiro atoms. The van der Waals surface area contributed by atoms with E-state index >= 15 is 0 Å². The number of carbonyl (C=O) groups excluding carboxylic acids is 1. The third-order valence-corrected chi connectivity index (χ3v) is 3.28. The Hall–Kier alpha value is -1.42. The van der Waals surface area contributed by atoms with Crippen LogP contribution in [0.5, 0.6) is 0 Å². The molecule has 0 saturated carbocycles. The second-order valence-corrected chi connectivity index (χ2v) is 4.80. The Balaban J connectivity index is 2.08. The largest absolute Gasteiger partial charge is 0.376 e. The van der Waals surface area contributed by atoms with Crippen LogP contribution in [0.4, 0.5) is 5.82 Å². The van der Waals surface area contributed by atoms with Crippen LogP contribution in [0.2, 0.25) is 0 Å². The molecule has 1 unspecified atom stereocenters. The SMILES string of the molecule is CC(=O)c1cccnc1N(C)CC1CCCCO1. The van der Waals surface area contributed by atoms with Gasteiger partial charge in [-0.3, -0.25) is 4.79 Å². The van der Waals surface area contributed by atoms with E-state index in [9.17, 15) is 4.79 Å². The molecule has 0 aliphatic carbocycles. The highest BCUT2D eigenvalue weighted by Crippen LogP contribution is 2.19. The minimum absolute atomic E-state index is 0.0505. The fraction of sp³-hybridized carbons (Fsp3) is 0.571. The van der Waals surface area contributed by atoms with Crippen LogP contribution in [0.3, 0.4) is 0 Å². The van der Waals surface area contributed by atoms with Crippen molar-refractivity contribution in [1.29, 1.82) is 0 Å². The van der Waals surface area contributed by atoms with Crippen molar-refractivity contribution in [2.45, 2.75) is 32.3 Å². The summed E-state index contributed by atoms with van der Waals surface area (Å²) in [7, 11) is 1.97. The van der Waals surface area contributed by atoms with Crippen LogP contribution in [-0.2, 0) is 4.74 Å². The number of ether oxygens (including phenoxy) is 1. The molecule has 0 N–H and O–H groups in total. The number of aromatic nitrogens is 1. The van der Waals surface area contributed by atoms with E-state index in [0.29, 0.717) is 5.56 Å². The summed E-state index contributed by atoms with van der Waals surface area (Å²) in [5, 5.41) is 0. The summed E-state index contributed by atoms with van der Waals surface area (Å²) in [6, 6.07) is 3.62. The number of nitrogens with zero attached hydrogens (tertiary/aromatic N) is 2. The molecule has 0 bridgehead atoms. The van der Waals surface area contributed by atoms with Crippen LogP contribution in [0.25, 0.3) is 0 Å². The molecule has 98 valence electrons. The van der Waals surface area contributed by atoms with Crippen molar-refractivity contribution in [1.82, 2.24) is 4.98 Å². The van der Waals surface area contributed by atoms with Gasteiger partial charge >= 0.3 is 0 Å². The molecule has 1 aromatic heterocycles. The average molecular weight is 248 g/mol. The van der Waals surface area contributed by atoms with E-state index in [4.69, 9.17) is 4.74 Å². The molecule has 1 fully saturated rings. The van der Waals surface area contributed by atoms with Crippen molar-refractivity contribution < 1.29 is 9.53 Å². The second-order valence-electron chi connectivity index (χ2n) is 4.80. The maximum absolute atomic E-state index is 11.6. The normalized spacial score (nSPS) is 19.6. The molecule has 2 heterocycles. The molecular weight excluding hydrogens is 228 g/mol. The van der Waals surface area contributed by atoms with Gasteiger partial charge in [0, 0.05) is 26.4 Å². The molecule has 0 aromatic carbocycles. The van der Waals surface area contributed by atoms with E-state index in [2.05, 4.69) is 4.98 Å². The first-order valence-corrected chi connectivity index (χ1v) is 6.47. The van der Waals surface area contributed by atoms with Gasteiger partial charge in [-0.15, -0.1) is 0 Å². The predicted molar refractivity (Wildman–Crippen MR) is 71.1 cm³/mol. The van der Waals surface area contributed by atoms with Gasteiger partial charge in [-0.2, -0.15) is 0 Å². The van der Waals surface area contributed by atoms with Crippen molar-refractivity contribution in [2.24, 2.45) is 0 Å². The molecular formula is C14H20N2O2. The van der Waals surface area contributed by atoms with E-state index in [1.54, 1.807) is 19.2 Å². The highest BCUT2D eigenvalue weighted by Gasteiger charge is 2.19. The molecule has 1 saturated heterocycles. The lowest BCUT2D eigenvalue weighted by molar-refractivity contribution is 0.0215. The third-order valence-electron chi connectivity index (χ3n) is 3.28. The lowest BCUT2D eigenvalue weighted by atomic mass is 10.1. The summed E-state index contributed by atoms with van der Waals surface area (Å²) in [5.41, 5.74) is 0.677. The Morgan fingerprint density at radius 3 is 3.06 bits per heavy atom. The summed E-state index contributed by atoms with van der Waals surface area (Å²) in [4.78, 5) is 17.9. The Bertz CT molecular complexity index is 414. The highest BCUT2D eigenvalue weighted by atomic mass is 16.5. The van der Waals surface area contributed by atoms with Crippen molar-refractivity contribution in [3.8, 4) is 0 Å². The summed E-state index contributed by atoms with van der Waals surface area (Å²) >= 11 is 0. The average Bonchev–Trinajstić information content (AvgIpc) is 2.40. The number of Topliss-reactive ketones (excluding diaryl/α,β-unsaturated/α-hetero) is 1. The molecule has 0 amide bonds. The van der Waals surface area contributed by atoms with Gasteiger partial charge in [0.1, 0.15) is 5.82 Å². The van der Waals surface area contributed by atoms with Gasteiger partial charge in [0.05, 0.1) is 11.7 Å². The van der Waals surface area contributed by atoms with Gasteiger partial charge in [0.25, 0.3) is 0 Å². The number of pyridine rings is 1. The minimum Gasteiger partial charge on any atom is -0.376 e. The zero-order valence-corrected chi connectivity index (χ0v) is 11.1. The maximum Gasteiger partial charge on any atom is 0.163 e. The standard InChI is InChI=1S/C14H20N2O2/c1-11(17)13-7-5-8-15-14(13)16(2)10-12-6-3-4-9-18-12/h5,7-8,12H,3-4,6,9-10H2,1-2H3. The third kappa shape index (κ3) is 3.07. The molecule has 4 nitrogen and oxygen atoms in total. The van der Waals surface area contributed by atoms with Crippen LogP contribution in [0.15, 0.2) is 18.3 Å². The summed E-state index contributed by atoms with van der Waals surface area (Å²) in [6.45, 7) is 3.21. The van der Waals surface area contributed by atoms with E-state index in [-0.39, 0.29) is 11.9 Å². The molecule has 0 radical (unpaired) electrons. The first-order valence-electron chi connectivity index (χ1n) is 6.47. The molecule has 2 rings (SSSR count). The Morgan fingerprint density at radius 2 is 2.39 bits per heavy atom. The van der Waals surface area contributed by atoms with E-state index in [0.717, 1.165) is 31.8 Å². The molecule has 18 heavy (non-hydrogen) atoms. The Kier molecular flexibility index (Phi) is 4.31. The van der Waals surface area contributed by atoms with Crippen LogP contribution in [0.1, 0.15) is 36.5 Å². The number of anilines is 1. The van der Waals surface area contributed by atoms with Gasteiger partial charge < -0.3 is 9.64 Å². The van der Waals surface area contributed by atoms with Crippen LogP contribution >= 0.6 is 0 Å². The topological polar surface area (TPSA) is 42.4 Å². The van der Waals surface area contributed by atoms with E-state index in [1.807, 2.05) is 18.0 Å². The van der Waals surface area contributed by atoms with Crippen LogP contribution in [-0.4, -0.2) is 37.1 Å². The number of rotatable bonds is 4. The Morgan fingerprint density at radius 1 is 1.56 bits per heavy atom. The minimum atomic E-state index is 0.0505. The zero-order valence-electron chi connectivity index (χ0n) is 11.1. The fourth-order valence-electron chi connectivity index (χ4n) is 2.32. The van der Waals surface area contributed by atoms with Crippen molar-refractivity contribution in [3.63, 3.8) is 0 Å². The number of carbonyl (C=O) groups is 1. The van der Waals surface area contributed by atoms with Crippen LogP contribution in [0, 0.1) is 0 Å². The summed E-state index contributed by atoms with van der Waals surface area (Å²) in [5.74, 6) is 0.800. The van der Waals surface area contributed by atoms with Gasteiger partial charge in [0.15, 0.2) is 5.78 Å². The quantitative estimate of drug-likeness (QED) is 0.767.